The minimum absolute atomic E-state index is 0.247. The third kappa shape index (κ3) is 2.85. The molecule has 1 N–H and O–H groups in total. The Bertz CT molecular complexity index is 373. The van der Waals surface area contributed by atoms with E-state index >= 15 is 0 Å². The molecular formula is C11H13ClN2O. The van der Waals surface area contributed by atoms with Gasteiger partial charge in [0.15, 0.2) is 0 Å². The normalized spacial score (nSPS) is 11.9. The van der Waals surface area contributed by atoms with Gasteiger partial charge in [0.25, 0.3) is 0 Å². The fourth-order valence-electron chi connectivity index (χ4n) is 1.41. The number of halogens is 1. The van der Waals surface area contributed by atoms with E-state index in [4.69, 9.17) is 21.6 Å². The zero-order valence-corrected chi connectivity index (χ0v) is 9.51. The first-order valence-electron chi connectivity index (χ1n) is 4.60. The average molecular weight is 225 g/mol. The Morgan fingerprint density at radius 2 is 2.33 bits per heavy atom. The van der Waals surface area contributed by atoms with Gasteiger partial charge in [-0.05, 0) is 25.2 Å². The van der Waals surface area contributed by atoms with Gasteiger partial charge in [-0.15, -0.1) is 0 Å². The molecule has 0 aliphatic rings. The number of ether oxygens (including phenoxy) is 1. The molecule has 1 rings (SSSR count). The maximum atomic E-state index is 9.03. The summed E-state index contributed by atoms with van der Waals surface area (Å²) in [7, 11) is 3.39. The summed E-state index contributed by atoms with van der Waals surface area (Å²) in [6.45, 7) is 0.577. The highest BCUT2D eigenvalue weighted by molar-refractivity contribution is 6.30. The number of likely N-dealkylation sites (N-methyl/N-ethyl adjacent to an activating group) is 1. The lowest BCUT2D eigenvalue weighted by atomic mass is 9.99. The molecule has 0 fully saturated rings. The molecule has 80 valence electrons. The molecule has 0 bridgehead atoms. The Hall–Kier alpha value is -1.24. The van der Waals surface area contributed by atoms with Crippen LogP contribution in [0.2, 0.25) is 5.02 Å². The van der Waals surface area contributed by atoms with Crippen LogP contribution in [0.25, 0.3) is 0 Å². The highest BCUT2D eigenvalue weighted by Gasteiger charge is 2.15. The third-order valence-electron chi connectivity index (χ3n) is 2.13. The molecule has 0 aromatic heterocycles. The predicted octanol–water partition coefficient (Wildman–Crippen LogP) is 2.18. The SMILES string of the molecule is CNCC(C#N)c1cc(Cl)ccc1OC. The summed E-state index contributed by atoms with van der Waals surface area (Å²) < 4.78 is 5.19. The summed E-state index contributed by atoms with van der Waals surface area (Å²) >= 11 is 5.89. The number of rotatable bonds is 4. The lowest BCUT2D eigenvalue weighted by molar-refractivity contribution is 0.408. The summed E-state index contributed by atoms with van der Waals surface area (Å²) in [6, 6.07) is 7.51. The number of benzene rings is 1. The maximum Gasteiger partial charge on any atom is 0.123 e. The Morgan fingerprint density at radius 1 is 1.60 bits per heavy atom. The van der Waals surface area contributed by atoms with Crippen molar-refractivity contribution in [1.29, 1.82) is 5.26 Å². The molecule has 1 aromatic rings. The lowest BCUT2D eigenvalue weighted by Gasteiger charge is -2.13. The van der Waals surface area contributed by atoms with Gasteiger partial charge in [0, 0.05) is 17.1 Å². The third-order valence-corrected chi connectivity index (χ3v) is 2.37. The summed E-state index contributed by atoms with van der Waals surface area (Å²) in [5.41, 5.74) is 0.821. The zero-order valence-electron chi connectivity index (χ0n) is 8.75. The van der Waals surface area contributed by atoms with E-state index in [0.29, 0.717) is 17.3 Å². The zero-order chi connectivity index (χ0) is 11.3. The molecule has 3 nitrogen and oxygen atoms in total. The van der Waals surface area contributed by atoms with E-state index in [0.717, 1.165) is 5.56 Å². The van der Waals surface area contributed by atoms with E-state index in [1.54, 1.807) is 32.4 Å². The molecule has 0 spiro atoms. The standard InChI is InChI=1S/C11H13ClN2O/c1-14-7-8(6-13)10-5-9(12)3-4-11(10)15-2/h3-5,8,14H,7H2,1-2H3. The average Bonchev–Trinajstić information content (AvgIpc) is 2.26. The highest BCUT2D eigenvalue weighted by atomic mass is 35.5. The maximum absolute atomic E-state index is 9.03. The molecule has 0 saturated heterocycles. The number of methoxy groups -OCH3 is 1. The molecule has 0 aliphatic carbocycles. The highest BCUT2D eigenvalue weighted by Crippen LogP contribution is 2.28. The summed E-state index contributed by atoms with van der Waals surface area (Å²) in [5, 5.41) is 12.6. The minimum atomic E-state index is -0.247. The second kappa shape index (κ2) is 5.59. The van der Waals surface area contributed by atoms with Gasteiger partial charge >= 0.3 is 0 Å². The van der Waals surface area contributed by atoms with Crippen LogP contribution in [0.3, 0.4) is 0 Å². The van der Waals surface area contributed by atoms with Crippen LogP contribution in [-0.2, 0) is 0 Å². The minimum Gasteiger partial charge on any atom is -0.496 e. The first-order valence-corrected chi connectivity index (χ1v) is 4.98. The Morgan fingerprint density at radius 3 is 2.87 bits per heavy atom. The van der Waals surface area contributed by atoms with Crippen LogP contribution in [0.1, 0.15) is 11.5 Å². The fourth-order valence-corrected chi connectivity index (χ4v) is 1.59. The van der Waals surface area contributed by atoms with Crippen LogP contribution in [0.4, 0.5) is 0 Å². The van der Waals surface area contributed by atoms with E-state index in [2.05, 4.69) is 11.4 Å². The molecule has 0 saturated carbocycles. The van der Waals surface area contributed by atoms with Gasteiger partial charge in [-0.3, -0.25) is 0 Å². The fraction of sp³-hybridized carbons (Fsp3) is 0.364. The molecule has 1 unspecified atom stereocenters. The summed E-state index contributed by atoms with van der Waals surface area (Å²) in [4.78, 5) is 0. The van der Waals surface area contributed by atoms with Crippen LogP contribution in [0.15, 0.2) is 18.2 Å². The quantitative estimate of drug-likeness (QED) is 0.853. The molecule has 1 atom stereocenters. The second-order valence-corrected chi connectivity index (χ2v) is 3.56. The monoisotopic (exact) mass is 224 g/mol. The largest absolute Gasteiger partial charge is 0.496 e. The van der Waals surface area contributed by atoms with Crippen LogP contribution in [-0.4, -0.2) is 20.7 Å². The van der Waals surface area contributed by atoms with Gasteiger partial charge in [0.05, 0.1) is 19.1 Å². The topological polar surface area (TPSA) is 45.0 Å². The van der Waals surface area contributed by atoms with Crippen molar-refractivity contribution < 1.29 is 4.74 Å². The van der Waals surface area contributed by atoms with E-state index in [1.165, 1.54) is 0 Å². The van der Waals surface area contributed by atoms with Gasteiger partial charge in [-0.2, -0.15) is 5.26 Å². The van der Waals surface area contributed by atoms with Crippen molar-refractivity contribution in [1.82, 2.24) is 5.32 Å². The molecular weight excluding hydrogens is 212 g/mol. The van der Waals surface area contributed by atoms with Crippen molar-refractivity contribution in [2.75, 3.05) is 20.7 Å². The second-order valence-electron chi connectivity index (χ2n) is 3.13. The molecule has 0 radical (unpaired) electrons. The number of nitriles is 1. The van der Waals surface area contributed by atoms with E-state index in [-0.39, 0.29) is 5.92 Å². The molecule has 4 heteroatoms. The smallest absolute Gasteiger partial charge is 0.123 e. The Kier molecular flexibility index (Phi) is 4.41. The van der Waals surface area contributed by atoms with Crippen molar-refractivity contribution in [3.05, 3.63) is 28.8 Å². The van der Waals surface area contributed by atoms with Gasteiger partial charge in [0.1, 0.15) is 5.75 Å². The van der Waals surface area contributed by atoms with Crippen molar-refractivity contribution >= 4 is 11.6 Å². The lowest BCUT2D eigenvalue weighted by Crippen LogP contribution is -2.16. The predicted molar refractivity (Wildman–Crippen MR) is 60.3 cm³/mol. The van der Waals surface area contributed by atoms with E-state index in [1.807, 2.05) is 0 Å². The Balaban J connectivity index is 3.09. The van der Waals surface area contributed by atoms with Crippen LogP contribution in [0.5, 0.6) is 5.75 Å². The number of nitrogens with zero attached hydrogens (tertiary/aromatic N) is 1. The summed E-state index contributed by atoms with van der Waals surface area (Å²) in [6.07, 6.45) is 0. The molecule has 15 heavy (non-hydrogen) atoms. The van der Waals surface area contributed by atoms with Gasteiger partial charge < -0.3 is 10.1 Å². The van der Waals surface area contributed by atoms with Gasteiger partial charge in [-0.25, -0.2) is 0 Å². The number of hydrogen-bond donors (Lipinski definition) is 1. The first kappa shape index (κ1) is 11.8. The molecule has 1 aromatic carbocycles. The van der Waals surface area contributed by atoms with E-state index in [9.17, 15) is 0 Å². The van der Waals surface area contributed by atoms with Crippen LogP contribution < -0.4 is 10.1 Å². The van der Waals surface area contributed by atoms with Crippen molar-refractivity contribution in [2.24, 2.45) is 0 Å². The summed E-state index contributed by atoms with van der Waals surface area (Å²) in [5.74, 6) is 0.449. The van der Waals surface area contributed by atoms with Gasteiger partial charge in [-0.1, -0.05) is 11.6 Å². The van der Waals surface area contributed by atoms with Crippen molar-refractivity contribution in [3.8, 4) is 11.8 Å². The molecule has 0 amide bonds. The van der Waals surface area contributed by atoms with Crippen molar-refractivity contribution in [3.63, 3.8) is 0 Å². The van der Waals surface area contributed by atoms with Crippen LogP contribution in [0, 0.1) is 11.3 Å². The number of hydrogen-bond acceptors (Lipinski definition) is 3. The first-order chi connectivity index (χ1) is 7.22. The van der Waals surface area contributed by atoms with Crippen molar-refractivity contribution in [2.45, 2.75) is 5.92 Å². The molecule has 0 heterocycles. The number of nitrogens with one attached hydrogen (secondary N) is 1. The van der Waals surface area contributed by atoms with Crippen LogP contribution >= 0.6 is 11.6 Å². The molecule has 0 aliphatic heterocycles. The van der Waals surface area contributed by atoms with Gasteiger partial charge in [0.2, 0.25) is 0 Å². The Labute approximate surface area is 94.6 Å². The van der Waals surface area contributed by atoms with E-state index < -0.39 is 0 Å².